The van der Waals surface area contributed by atoms with Gasteiger partial charge in [0.1, 0.15) is 5.75 Å². The largest absolute Gasteiger partial charge is 0.491 e. The lowest BCUT2D eigenvalue weighted by Crippen LogP contribution is -2.22. The van der Waals surface area contributed by atoms with Crippen LogP contribution in [0.5, 0.6) is 5.75 Å². The second-order valence-electron chi connectivity index (χ2n) is 4.56. The summed E-state index contributed by atoms with van der Waals surface area (Å²) in [6.45, 7) is 7.02. The molecule has 2 aromatic rings. The molecule has 2 rings (SSSR count). The Balaban J connectivity index is 2.18. The lowest BCUT2D eigenvalue weighted by Gasteiger charge is -2.16. The summed E-state index contributed by atoms with van der Waals surface area (Å²) >= 11 is 1.24. The zero-order valence-corrected chi connectivity index (χ0v) is 12.3. The molecule has 0 aliphatic rings. The molecule has 5 heteroatoms. The number of nitrogens with one attached hydrogen (secondary N) is 1. The molecule has 1 N–H and O–H groups in total. The van der Waals surface area contributed by atoms with Crippen LogP contribution in [0.2, 0.25) is 0 Å². The highest BCUT2D eigenvalue weighted by atomic mass is 32.1. The van der Waals surface area contributed by atoms with Crippen molar-refractivity contribution in [2.75, 3.05) is 6.54 Å². The van der Waals surface area contributed by atoms with Crippen molar-refractivity contribution < 1.29 is 4.74 Å². The minimum Gasteiger partial charge on any atom is -0.491 e. The highest BCUT2D eigenvalue weighted by Crippen LogP contribution is 2.23. The highest BCUT2D eigenvalue weighted by molar-refractivity contribution is 6.99. The Kier molecular flexibility index (Phi) is 4.87. The summed E-state index contributed by atoms with van der Waals surface area (Å²) in [6, 6.07) is 8.24. The van der Waals surface area contributed by atoms with Gasteiger partial charge >= 0.3 is 0 Å². The summed E-state index contributed by atoms with van der Waals surface area (Å²) in [7, 11) is 0. The summed E-state index contributed by atoms with van der Waals surface area (Å²) in [5, 5.41) is 3.42. The molecule has 1 atom stereocenters. The Labute approximate surface area is 118 Å². The van der Waals surface area contributed by atoms with Gasteiger partial charge in [0.2, 0.25) is 0 Å². The van der Waals surface area contributed by atoms with Crippen molar-refractivity contribution in [2.24, 2.45) is 0 Å². The van der Waals surface area contributed by atoms with Crippen LogP contribution in [0.1, 0.15) is 38.1 Å². The molecule has 0 spiro atoms. The molecule has 4 nitrogen and oxygen atoms in total. The summed E-state index contributed by atoms with van der Waals surface area (Å²) in [5.41, 5.74) is 2.13. The lowest BCUT2D eigenvalue weighted by molar-refractivity contribution is 0.242. The van der Waals surface area contributed by atoms with Gasteiger partial charge < -0.3 is 10.1 Å². The Hall–Kier alpha value is -1.46. The molecule has 0 saturated heterocycles. The van der Waals surface area contributed by atoms with Crippen molar-refractivity contribution in [1.29, 1.82) is 0 Å². The first-order valence-corrected chi connectivity index (χ1v) is 7.21. The third-order valence-corrected chi connectivity index (χ3v) is 3.16. The van der Waals surface area contributed by atoms with Crippen LogP contribution < -0.4 is 10.1 Å². The van der Waals surface area contributed by atoms with Gasteiger partial charge in [-0.2, -0.15) is 8.75 Å². The average molecular weight is 277 g/mol. The number of hydrogen-bond acceptors (Lipinski definition) is 5. The zero-order valence-electron chi connectivity index (χ0n) is 11.5. The summed E-state index contributed by atoms with van der Waals surface area (Å²) in [6.07, 6.45) is 2.01. The maximum atomic E-state index is 5.65. The number of rotatable bonds is 6. The number of nitrogens with zero attached hydrogens (tertiary/aromatic N) is 2. The number of hydrogen-bond donors (Lipinski definition) is 1. The van der Waals surface area contributed by atoms with Crippen molar-refractivity contribution in [2.45, 2.75) is 32.9 Å². The van der Waals surface area contributed by atoms with Crippen LogP contribution in [0.25, 0.3) is 0 Å². The fourth-order valence-corrected chi connectivity index (χ4v) is 2.36. The van der Waals surface area contributed by atoms with Crippen molar-refractivity contribution in [3.63, 3.8) is 0 Å². The van der Waals surface area contributed by atoms with Gasteiger partial charge in [-0.3, -0.25) is 0 Å². The SMILES string of the molecule is CCNC(c1ccc(OC(C)C)cc1)c1cnsn1. The minimum absolute atomic E-state index is 0.0943. The van der Waals surface area contributed by atoms with Crippen molar-refractivity contribution >= 4 is 11.7 Å². The van der Waals surface area contributed by atoms with Gasteiger partial charge in [-0.25, -0.2) is 0 Å². The van der Waals surface area contributed by atoms with Crippen LogP contribution in [-0.4, -0.2) is 21.4 Å². The molecule has 1 aromatic carbocycles. The van der Waals surface area contributed by atoms with E-state index >= 15 is 0 Å². The monoisotopic (exact) mass is 277 g/mol. The zero-order chi connectivity index (χ0) is 13.7. The third-order valence-electron chi connectivity index (χ3n) is 2.67. The molecular weight excluding hydrogens is 258 g/mol. The molecule has 0 aliphatic heterocycles. The van der Waals surface area contributed by atoms with Gasteiger partial charge in [0.05, 0.1) is 35.8 Å². The molecule has 19 heavy (non-hydrogen) atoms. The van der Waals surface area contributed by atoms with E-state index in [-0.39, 0.29) is 12.1 Å². The van der Waals surface area contributed by atoms with Gasteiger partial charge in [0.25, 0.3) is 0 Å². The molecule has 0 amide bonds. The Morgan fingerprint density at radius 2 is 2.00 bits per heavy atom. The van der Waals surface area contributed by atoms with Gasteiger partial charge in [0.15, 0.2) is 0 Å². The van der Waals surface area contributed by atoms with Gasteiger partial charge in [-0.15, -0.1) is 0 Å². The van der Waals surface area contributed by atoms with Crippen molar-refractivity contribution in [3.05, 3.63) is 41.7 Å². The third kappa shape index (κ3) is 3.75. The molecule has 0 radical (unpaired) electrons. The van der Waals surface area contributed by atoms with E-state index in [0.29, 0.717) is 0 Å². The smallest absolute Gasteiger partial charge is 0.119 e. The maximum absolute atomic E-state index is 5.65. The van der Waals surface area contributed by atoms with Crippen molar-refractivity contribution in [3.8, 4) is 5.75 Å². The number of benzene rings is 1. The summed E-state index contributed by atoms with van der Waals surface area (Å²) in [4.78, 5) is 0. The normalized spacial score (nSPS) is 12.6. The second kappa shape index (κ2) is 6.63. The number of ether oxygens (including phenoxy) is 1. The van der Waals surface area contributed by atoms with Crippen LogP contribution in [0.15, 0.2) is 30.5 Å². The van der Waals surface area contributed by atoms with Gasteiger partial charge in [-0.1, -0.05) is 19.1 Å². The standard InChI is InChI=1S/C14H19N3OS/c1-4-15-14(13-9-16-19-17-13)11-5-7-12(8-6-11)18-10(2)3/h5-10,14-15H,4H2,1-3H3. The lowest BCUT2D eigenvalue weighted by atomic mass is 10.0. The minimum atomic E-state index is 0.0943. The molecule has 1 heterocycles. The predicted molar refractivity (Wildman–Crippen MR) is 77.6 cm³/mol. The average Bonchev–Trinajstić information content (AvgIpc) is 2.90. The molecule has 1 unspecified atom stereocenters. The van der Waals surface area contributed by atoms with Crippen molar-refractivity contribution in [1.82, 2.24) is 14.1 Å². The molecule has 102 valence electrons. The van der Waals surface area contributed by atoms with Crippen LogP contribution in [0.4, 0.5) is 0 Å². The number of aromatic nitrogens is 2. The fourth-order valence-electron chi connectivity index (χ4n) is 1.91. The van der Waals surface area contributed by atoms with E-state index in [1.165, 1.54) is 17.3 Å². The van der Waals surface area contributed by atoms with Crippen LogP contribution >= 0.6 is 11.7 Å². The van der Waals surface area contributed by atoms with E-state index in [2.05, 4.69) is 33.1 Å². The summed E-state index contributed by atoms with van der Waals surface area (Å²) in [5.74, 6) is 0.894. The van der Waals surface area contributed by atoms with E-state index in [1.54, 1.807) is 0 Å². The Morgan fingerprint density at radius 3 is 2.53 bits per heavy atom. The van der Waals surface area contributed by atoms with Crippen LogP contribution in [0.3, 0.4) is 0 Å². The topological polar surface area (TPSA) is 47.0 Å². The molecule has 0 aliphatic carbocycles. The molecule has 0 saturated carbocycles. The molecule has 0 bridgehead atoms. The van der Waals surface area contributed by atoms with E-state index in [4.69, 9.17) is 4.74 Å². The van der Waals surface area contributed by atoms with E-state index in [0.717, 1.165) is 18.0 Å². The molecule has 0 fully saturated rings. The van der Waals surface area contributed by atoms with Gasteiger partial charge in [-0.05, 0) is 38.1 Å². The predicted octanol–water partition coefficient (Wildman–Crippen LogP) is 3.02. The van der Waals surface area contributed by atoms with E-state index in [1.807, 2.05) is 32.2 Å². The van der Waals surface area contributed by atoms with E-state index < -0.39 is 0 Å². The Bertz CT molecular complexity index is 482. The Morgan fingerprint density at radius 1 is 1.26 bits per heavy atom. The first kappa shape index (κ1) is 14.0. The quantitative estimate of drug-likeness (QED) is 0.881. The molecule has 1 aromatic heterocycles. The van der Waals surface area contributed by atoms with E-state index in [9.17, 15) is 0 Å². The second-order valence-corrected chi connectivity index (χ2v) is 5.12. The summed E-state index contributed by atoms with van der Waals surface area (Å²) < 4.78 is 14.0. The fraction of sp³-hybridized carbons (Fsp3) is 0.429. The first-order chi connectivity index (χ1) is 9.20. The molecular formula is C14H19N3OS. The first-order valence-electron chi connectivity index (χ1n) is 6.48. The van der Waals surface area contributed by atoms with Gasteiger partial charge in [0, 0.05) is 0 Å². The van der Waals surface area contributed by atoms with Crippen LogP contribution in [0, 0.1) is 0 Å². The maximum Gasteiger partial charge on any atom is 0.119 e. The highest BCUT2D eigenvalue weighted by Gasteiger charge is 2.15. The van der Waals surface area contributed by atoms with Crippen LogP contribution in [-0.2, 0) is 0 Å².